The predicted octanol–water partition coefficient (Wildman–Crippen LogP) is 5.63. The predicted molar refractivity (Wildman–Crippen MR) is 141 cm³/mol. The normalized spacial score (nSPS) is 17.2. The van der Waals surface area contributed by atoms with E-state index in [9.17, 15) is 14.4 Å². The van der Waals surface area contributed by atoms with Crippen molar-refractivity contribution in [1.29, 1.82) is 0 Å². The van der Waals surface area contributed by atoms with Gasteiger partial charge in [0.05, 0.1) is 13.7 Å². The van der Waals surface area contributed by atoms with E-state index in [4.69, 9.17) is 14.2 Å². The number of carbonyl (C=O) groups is 3. The van der Waals surface area contributed by atoms with Crippen LogP contribution in [-0.4, -0.2) is 31.4 Å². The van der Waals surface area contributed by atoms with Gasteiger partial charge in [-0.05, 0) is 72.0 Å². The molecule has 1 aliphatic carbocycles. The van der Waals surface area contributed by atoms with Gasteiger partial charge in [0.2, 0.25) is 0 Å². The molecule has 0 N–H and O–H groups in total. The Morgan fingerprint density at radius 2 is 1.59 bits per heavy atom. The lowest BCUT2D eigenvalue weighted by atomic mass is 9.73. The SMILES string of the molecule is CCOC(=O)C1C(=O)C=C(c2ccc(OC)cc2)CC1c1ccc(OC(=O)/C=C\c2ccccc2)cc1. The zero-order valence-electron chi connectivity index (χ0n) is 20.8. The van der Waals surface area contributed by atoms with Crippen molar-refractivity contribution in [3.05, 3.63) is 108 Å². The molecule has 4 rings (SSSR count). The summed E-state index contributed by atoms with van der Waals surface area (Å²) in [4.78, 5) is 38.1. The number of esters is 2. The van der Waals surface area contributed by atoms with Crippen molar-refractivity contribution in [3.63, 3.8) is 0 Å². The van der Waals surface area contributed by atoms with Crippen molar-refractivity contribution in [2.75, 3.05) is 13.7 Å². The molecule has 2 unspecified atom stereocenters. The molecule has 0 bridgehead atoms. The number of rotatable bonds is 8. The summed E-state index contributed by atoms with van der Waals surface area (Å²) in [7, 11) is 1.60. The minimum absolute atomic E-state index is 0.190. The zero-order chi connectivity index (χ0) is 26.2. The molecule has 0 amide bonds. The molecule has 3 aromatic rings. The Hall–Kier alpha value is -4.45. The van der Waals surface area contributed by atoms with Gasteiger partial charge < -0.3 is 14.2 Å². The summed E-state index contributed by atoms with van der Waals surface area (Å²) in [5.74, 6) is -1.60. The highest BCUT2D eigenvalue weighted by molar-refractivity contribution is 6.10. The highest BCUT2D eigenvalue weighted by Gasteiger charge is 2.39. The van der Waals surface area contributed by atoms with Gasteiger partial charge in [-0.25, -0.2) is 4.79 Å². The van der Waals surface area contributed by atoms with Crippen LogP contribution >= 0.6 is 0 Å². The van der Waals surface area contributed by atoms with Gasteiger partial charge in [-0.1, -0.05) is 54.6 Å². The van der Waals surface area contributed by atoms with Gasteiger partial charge in [-0.2, -0.15) is 0 Å². The van der Waals surface area contributed by atoms with Gasteiger partial charge >= 0.3 is 11.9 Å². The number of ketones is 1. The largest absolute Gasteiger partial charge is 0.497 e. The van der Waals surface area contributed by atoms with Crippen LogP contribution in [0.1, 0.15) is 36.0 Å². The fraction of sp³-hybridized carbons (Fsp3) is 0.194. The van der Waals surface area contributed by atoms with Crippen LogP contribution in [0.3, 0.4) is 0 Å². The van der Waals surface area contributed by atoms with Crippen LogP contribution in [-0.2, 0) is 19.1 Å². The van der Waals surface area contributed by atoms with Gasteiger partial charge in [-0.3, -0.25) is 9.59 Å². The molecular formula is C31H28O6. The van der Waals surface area contributed by atoms with Crippen LogP contribution in [0.4, 0.5) is 0 Å². The molecule has 6 nitrogen and oxygen atoms in total. The molecule has 188 valence electrons. The van der Waals surface area contributed by atoms with E-state index in [0.29, 0.717) is 12.2 Å². The molecule has 37 heavy (non-hydrogen) atoms. The lowest BCUT2D eigenvalue weighted by Crippen LogP contribution is -2.34. The average Bonchev–Trinajstić information content (AvgIpc) is 2.92. The summed E-state index contributed by atoms with van der Waals surface area (Å²) in [6, 6.07) is 23.8. The first-order valence-corrected chi connectivity index (χ1v) is 12.1. The first-order chi connectivity index (χ1) is 18.0. The first-order valence-electron chi connectivity index (χ1n) is 12.1. The quantitative estimate of drug-likeness (QED) is 0.174. The van der Waals surface area contributed by atoms with E-state index in [-0.39, 0.29) is 12.4 Å². The second kappa shape index (κ2) is 12.0. The molecule has 0 saturated heterocycles. The van der Waals surface area contributed by atoms with Crippen molar-refractivity contribution in [2.24, 2.45) is 5.92 Å². The molecule has 6 heteroatoms. The van der Waals surface area contributed by atoms with Gasteiger partial charge in [0.15, 0.2) is 5.78 Å². The molecule has 1 aliphatic rings. The molecular weight excluding hydrogens is 468 g/mol. The van der Waals surface area contributed by atoms with Crippen LogP contribution in [0.15, 0.2) is 91.0 Å². The maximum absolute atomic E-state index is 13.1. The molecule has 0 aromatic heterocycles. The third-order valence-electron chi connectivity index (χ3n) is 6.20. The van der Waals surface area contributed by atoms with E-state index in [0.717, 1.165) is 28.0 Å². The maximum atomic E-state index is 13.1. The highest BCUT2D eigenvalue weighted by atomic mass is 16.5. The third kappa shape index (κ3) is 6.41. The number of hydrogen-bond acceptors (Lipinski definition) is 6. The van der Waals surface area contributed by atoms with E-state index in [1.165, 1.54) is 12.2 Å². The molecule has 0 aliphatic heterocycles. The number of methoxy groups -OCH3 is 1. The summed E-state index contributed by atoms with van der Waals surface area (Å²) in [6.45, 7) is 1.91. The summed E-state index contributed by atoms with van der Waals surface area (Å²) >= 11 is 0. The molecule has 0 heterocycles. The molecule has 3 aromatic carbocycles. The smallest absolute Gasteiger partial charge is 0.336 e. The van der Waals surface area contributed by atoms with Crippen LogP contribution in [0.2, 0.25) is 0 Å². The van der Waals surface area contributed by atoms with E-state index < -0.39 is 23.8 Å². The Kier molecular flexibility index (Phi) is 8.31. The zero-order valence-corrected chi connectivity index (χ0v) is 20.8. The number of allylic oxidation sites excluding steroid dienone is 2. The summed E-state index contributed by atoms with van der Waals surface area (Å²) in [5, 5.41) is 0. The van der Waals surface area contributed by atoms with E-state index in [1.807, 2.05) is 54.6 Å². The number of benzene rings is 3. The maximum Gasteiger partial charge on any atom is 0.336 e. The van der Waals surface area contributed by atoms with Gasteiger partial charge in [-0.15, -0.1) is 0 Å². The molecule has 0 radical (unpaired) electrons. The van der Waals surface area contributed by atoms with Crippen molar-refractivity contribution >= 4 is 29.4 Å². The van der Waals surface area contributed by atoms with E-state index in [2.05, 4.69) is 0 Å². The molecule has 0 spiro atoms. The van der Waals surface area contributed by atoms with Gasteiger partial charge in [0.1, 0.15) is 17.4 Å². The lowest BCUT2D eigenvalue weighted by Gasteiger charge is -2.29. The van der Waals surface area contributed by atoms with Gasteiger partial charge in [0, 0.05) is 12.0 Å². The fourth-order valence-electron chi connectivity index (χ4n) is 4.36. The second-order valence-corrected chi connectivity index (χ2v) is 8.57. The minimum Gasteiger partial charge on any atom is -0.497 e. The molecule has 0 saturated carbocycles. The Morgan fingerprint density at radius 3 is 2.24 bits per heavy atom. The van der Waals surface area contributed by atoms with Crippen LogP contribution in [0.5, 0.6) is 11.5 Å². The Labute approximate surface area is 216 Å². The Balaban J connectivity index is 1.54. The summed E-state index contributed by atoms with van der Waals surface area (Å²) in [6.07, 6.45) is 5.06. The van der Waals surface area contributed by atoms with Crippen molar-refractivity contribution in [1.82, 2.24) is 0 Å². The van der Waals surface area contributed by atoms with Crippen molar-refractivity contribution in [3.8, 4) is 11.5 Å². The fourth-order valence-corrected chi connectivity index (χ4v) is 4.36. The number of carbonyl (C=O) groups excluding carboxylic acids is 3. The molecule has 0 fully saturated rings. The van der Waals surface area contributed by atoms with E-state index in [1.54, 1.807) is 44.4 Å². The van der Waals surface area contributed by atoms with Crippen molar-refractivity contribution in [2.45, 2.75) is 19.3 Å². The van der Waals surface area contributed by atoms with E-state index >= 15 is 0 Å². The lowest BCUT2D eigenvalue weighted by molar-refractivity contribution is -0.151. The van der Waals surface area contributed by atoms with Crippen LogP contribution < -0.4 is 9.47 Å². The average molecular weight is 497 g/mol. The van der Waals surface area contributed by atoms with Crippen molar-refractivity contribution < 1.29 is 28.6 Å². The number of hydrogen-bond donors (Lipinski definition) is 0. The van der Waals surface area contributed by atoms with Gasteiger partial charge in [0.25, 0.3) is 0 Å². The van der Waals surface area contributed by atoms with Crippen LogP contribution in [0.25, 0.3) is 11.6 Å². The van der Waals surface area contributed by atoms with Crippen LogP contribution in [0, 0.1) is 5.92 Å². The minimum atomic E-state index is -0.941. The standard InChI is InChI=1S/C31H28O6/c1-3-36-31(34)30-27(19-24(20-28(30)32)22-10-14-25(35-2)15-11-22)23-12-16-26(17-13-23)37-29(33)18-9-21-7-5-4-6-8-21/h4-18,20,27,30H,3,19H2,1-2H3/b18-9-. The second-order valence-electron chi connectivity index (χ2n) is 8.57. The Morgan fingerprint density at radius 1 is 0.919 bits per heavy atom. The Bertz CT molecular complexity index is 1300. The monoisotopic (exact) mass is 496 g/mol. The highest BCUT2D eigenvalue weighted by Crippen LogP contribution is 2.41. The topological polar surface area (TPSA) is 78.9 Å². The third-order valence-corrected chi connectivity index (χ3v) is 6.20. The summed E-state index contributed by atoms with van der Waals surface area (Å²) in [5.41, 5.74) is 3.39. The summed E-state index contributed by atoms with van der Waals surface area (Å²) < 4.78 is 15.9. The number of ether oxygens (including phenoxy) is 3. The first kappa shape index (κ1) is 25.6. The molecule has 2 atom stereocenters.